The van der Waals surface area contributed by atoms with E-state index in [9.17, 15) is 36.7 Å². The number of aromatic nitrogens is 2. The minimum Gasteiger partial charge on any atom is -0.465 e. The lowest BCUT2D eigenvalue weighted by Gasteiger charge is -2.16. The molecule has 0 spiro atoms. The van der Waals surface area contributed by atoms with Crippen molar-refractivity contribution in [1.29, 1.82) is 0 Å². The standard InChI is InChI=1S/C20H17ClF4N4O5S2/c1-4-34-15(31)8-28-16(32)17(35-3)36-18(28)26-11-6-12(10(22)5-9(11)21)29-14(30)7-13(20(23,24)25)27(2)19(29)33/h5-7,17H,4,8H2,1-3H3. The van der Waals surface area contributed by atoms with Crippen LogP contribution in [0, 0.1) is 5.82 Å². The monoisotopic (exact) mass is 568 g/mol. The van der Waals surface area contributed by atoms with Crippen LogP contribution in [0.3, 0.4) is 0 Å². The van der Waals surface area contributed by atoms with Crippen LogP contribution in [0.5, 0.6) is 0 Å². The van der Waals surface area contributed by atoms with Gasteiger partial charge < -0.3 is 4.74 Å². The van der Waals surface area contributed by atoms with Gasteiger partial charge in [-0.05, 0) is 25.3 Å². The van der Waals surface area contributed by atoms with Crippen LogP contribution in [0.4, 0.5) is 23.2 Å². The van der Waals surface area contributed by atoms with E-state index in [-0.39, 0.29) is 37.7 Å². The Morgan fingerprint density at radius 3 is 2.50 bits per heavy atom. The van der Waals surface area contributed by atoms with Crippen molar-refractivity contribution in [3.05, 3.63) is 55.6 Å². The van der Waals surface area contributed by atoms with Crippen LogP contribution in [-0.2, 0) is 27.5 Å². The second-order valence-corrected chi connectivity index (χ2v) is 9.83. The fraction of sp³-hybridized carbons (Fsp3) is 0.350. The maximum absolute atomic E-state index is 14.8. The number of alkyl halides is 3. The van der Waals surface area contributed by atoms with Crippen molar-refractivity contribution in [2.45, 2.75) is 17.7 Å². The van der Waals surface area contributed by atoms with E-state index in [0.717, 1.165) is 35.8 Å². The lowest BCUT2D eigenvalue weighted by molar-refractivity contribution is -0.146. The SMILES string of the molecule is CCOC(=O)CN1C(=O)C(SC)SC1=Nc1cc(-n2c(=O)cc(C(F)(F)F)n(C)c2=O)c(F)cc1Cl. The van der Waals surface area contributed by atoms with E-state index in [1.54, 1.807) is 13.2 Å². The number of halogens is 5. The van der Waals surface area contributed by atoms with Crippen LogP contribution >= 0.6 is 35.1 Å². The van der Waals surface area contributed by atoms with Gasteiger partial charge >= 0.3 is 17.8 Å². The average molecular weight is 569 g/mol. The Bertz CT molecular complexity index is 1380. The molecular formula is C20H17ClF4N4O5S2. The molecule has 16 heteroatoms. The van der Waals surface area contributed by atoms with Crippen molar-refractivity contribution in [2.24, 2.45) is 12.0 Å². The highest BCUT2D eigenvalue weighted by atomic mass is 35.5. The topological polar surface area (TPSA) is 103 Å². The highest BCUT2D eigenvalue weighted by molar-refractivity contribution is 8.26. The van der Waals surface area contributed by atoms with Crippen molar-refractivity contribution in [3.8, 4) is 5.69 Å². The Balaban J connectivity index is 2.15. The Morgan fingerprint density at radius 1 is 1.25 bits per heavy atom. The van der Waals surface area contributed by atoms with Crippen LogP contribution < -0.4 is 11.2 Å². The summed E-state index contributed by atoms with van der Waals surface area (Å²) in [5.74, 6) is -2.33. The maximum atomic E-state index is 14.8. The molecule has 0 N–H and O–H groups in total. The van der Waals surface area contributed by atoms with Gasteiger partial charge in [-0.2, -0.15) is 13.2 Å². The first-order valence-corrected chi connectivity index (χ1v) is 12.5. The molecule has 1 aliphatic heterocycles. The number of amidine groups is 1. The molecule has 9 nitrogen and oxygen atoms in total. The zero-order chi connectivity index (χ0) is 26.9. The van der Waals surface area contributed by atoms with E-state index in [4.69, 9.17) is 16.3 Å². The number of esters is 1. The van der Waals surface area contributed by atoms with Gasteiger partial charge in [-0.25, -0.2) is 18.7 Å². The first-order valence-electron chi connectivity index (χ1n) is 9.95. The molecule has 1 aromatic heterocycles. The van der Waals surface area contributed by atoms with Crippen molar-refractivity contribution in [2.75, 3.05) is 19.4 Å². The fourth-order valence-corrected chi connectivity index (χ4v) is 5.17. The van der Waals surface area contributed by atoms with Gasteiger partial charge in [-0.15, -0.1) is 11.8 Å². The minimum atomic E-state index is -5.00. The number of ether oxygens (including phenoxy) is 1. The molecule has 0 saturated carbocycles. The van der Waals surface area contributed by atoms with Gasteiger partial charge in [0.1, 0.15) is 22.6 Å². The zero-order valence-corrected chi connectivity index (χ0v) is 21.1. The van der Waals surface area contributed by atoms with Gasteiger partial charge in [0.15, 0.2) is 5.17 Å². The third kappa shape index (κ3) is 5.47. The van der Waals surface area contributed by atoms with Crippen molar-refractivity contribution in [3.63, 3.8) is 0 Å². The quantitative estimate of drug-likeness (QED) is 0.389. The van der Waals surface area contributed by atoms with Gasteiger partial charge in [-0.3, -0.25) is 23.9 Å². The summed E-state index contributed by atoms with van der Waals surface area (Å²) in [6, 6.07) is 1.78. The second kappa shape index (κ2) is 10.7. The van der Waals surface area contributed by atoms with E-state index in [1.165, 1.54) is 11.8 Å². The normalized spacial score (nSPS) is 17.2. The second-order valence-electron chi connectivity index (χ2n) is 7.11. The number of thioether (sulfide) groups is 2. The summed E-state index contributed by atoms with van der Waals surface area (Å²) >= 11 is 8.26. The number of benzene rings is 1. The smallest absolute Gasteiger partial charge is 0.431 e. The molecule has 194 valence electrons. The number of nitrogens with zero attached hydrogens (tertiary/aromatic N) is 4. The van der Waals surface area contributed by atoms with Gasteiger partial charge in [0.05, 0.1) is 23.0 Å². The van der Waals surface area contributed by atoms with E-state index in [2.05, 4.69) is 4.99 Å². The van der Waals surface area contributed by atoms with Gasteiger partial charge in [0.2, 0.25) is 0 Å². The van der Waals surface area contributed by atoms with Crippen LogP contribution in [0.25, 0.3) is 5.69 Å². The largest absolute Gasteiger partial charge is 0.465 e. The average Bonchev–Trinajstić information content (AvgIpc) is 3.07. The lowest BCUT2D eigenvalue weighted by Crippen LogP contribution is -2.41. The Kier molecular flexibility index (Phi) is 8.25. The van der Waals surface area contributed by atoms with Crippen LogP contribution in [-0.4, -0.2) is 55.1 Å². The first-order chi connectivity index (χ1) is 16.8. The Labute approximate surface area is 214 Å². The third-order valence-electron chi connectivity index (χ3n) is 4.80. The van der Waals surface area contributed by atoms with Gasteiger partial charge in [0, 0.05) is 13.1 Å². The summed E-state index contributed by atoms with van der Waals surface area (Å²) in [5.41, 5.74) is -5.30. The number of hydrogen-bond donors (Lipinski definition) is 0. The number of rotatable bonds is 6. The summed E-state index contributed by atoms with van der Waals surface area (Å²) in [4.78, 5) is 54.9. The van der Waals surface area contributed by atoms with E-state index in [0.29, 0.717) is 0 Å². The first kappa shape index (κ1) is 27.8. The third-order valence-corrected chi connectivity index (χ3v) is 7.54. The minimum absolute atomic E-state index is 0.0135. The summed E-state index contributed by atoms with van der Waals surface area (Å²) in [7, 11) is 0.784. The molecule has 2 aromatic rings. The predicted molar refractivity (Wildman–Crippen MR) is 128 cm³/mol. The summed E-state index contributed by atoms with van der Waals surface area (Å²) in [6.07, 6.45) is -3.33. The molecular weight excluding hydrogens is 552 g/mol. The Hall–Kier alpha value is -2.78. The fourth-order valence-electron chi connectivity index (χ4n) is 3.15. The number of amides is 1. The molecule has 0 aliphatic carbocycles. The summed E-state index contributed by atoms with van der Waals surface area (Å²) in [5, 5.41) is -0.267. The Morgan fingerprint density at radius 2 is 1.92 bits per heavy atom. The lowest BCUT2D eigenvalue weighted by atomic mass is 10.2. The van der Waals surface area contributed by atoms with E-state index >= 15 is 0 Å². The maximum Gasteiger partial charge on any atom is 0.431 e. The molecule has 1 atom stereocenters. The molecule has 2 heterocycles. The number of carbonyl (C=O) groups is 2. The highest BCUT2D eigenvalue weighted by Gasteiger charge is 2.39. The van der Waals surface area contributed by atoms with Gasteiger partial charge in [-0.1, -0.05) is 23.4 Å². The molecule has 1 aliphatic rings. The van der Waals surface area contributed by atoms with Crippen LogP contribution in [0.2, 0.25) is 5.02 Å². The molecule has 1 aromatic carbocycles. The molecule has 3 rings (SSSR count). The summed E-state index contributed by atoms with van der Waals surface area (Å²) < 4.78 is 58.8. The van der Waals surface area contributed by atoms with E-state index < -0.39 is 57.6 Å². The highest BCUT2D eigenvalue weighted by Crippen LogP contribution is 2.37. The van der Waals surface area contributed by atoms with Gasteiger partial charge in [0.25, 0.3) is 11.5 Å². The molecule has 1 saturated heterocycles. The molecule has 1 unspecified atom stereocenters. The molecule has 0 bridgehead atoms. The van der Waals surface area contributed by atoms with Crippen molar-refractivity contribution >= 4 is 57.9 Å². The zero-order valence-electron chi connectivity index (χ0n) is 18.8. The predicted octanol–water partition coefficient (Wildman–Crippen LogP) is 3.16. The molecule has 1 amide bonds. The van der Waals surface area contributed by atoms with Crippen LogP contribution in [0.1, 0.15) is 12.6 Å². The number of hydrogen-bond acceptors (Lipinski definition) is 8. The number of carbonyl (C=O) groups excluding carboxylic acids is 2. The molecule has 36 heavy (non-hydrogen) atoms. The number of aliphatic imine (C=N–C) groups is 1. The summed E-state index contributed by atoms with van der Waals surface area (Å²) in [6.45, 7) is 1.21. The van der Waals surface area contributed by atoms with Crippen LogP contribution in [0.15, 0.2) is 32.8 Å². The van der Waals surface area contributed by atoms with Crippen molar-refractivity contribution in [1.82, 2.24) is 14.0 Å². The van der Waals surface area contributed by atoms with E-state index in [1.807, 2.05) is 0 Å². The van der Waals surface area contributed by atoms with Crippen molar-refractivity contribution < 1.29 is 31.9 Å². The molecule has 0 radical (unpaired) electrons. The molecule has 1 fully saturated rings.